The summed E-state index contributed by atoms with van der Waals surface area (Å²) in [5.41, 5.74) is 1.82. The number of carbonyl (C=O) groups excluding carboxylic acids is 2. The second-order valence-electron chi connectivity index (χ2n) is 8.58. The standard InChI is InChI=1S/C25H33N3O5S/c1-5-28(18(2)3)21-12-10-20(11-13-21)26-24(29)19-14-16-27(17-15-19)34(31,32)23-9-7-6-8-22(23)25(30)33-4/h6-13,18-19H,5,14-17H2,1-4H3,(H,26,29). The summed E-state index contributed by atoms with van der Waals surface area (Å²) in [5, 5.41) is 2.96. The van der Waals surface area contributed by atoms with E-state index in [1.54, 1.807) is 12.1 Å². The molecule has 9 heteroatoms. The summed E-state index contributed by atoms with van der Waals surface area (Å²) in [4.78, 5) is 27.0. The van der Waals surface area contributed by atoms with Crippen LogP contribution in [0.4, 0.5) is 11.4 Å². The van der Waals surface area contributed by atoms with Crippen LogP contribution in [-0.2, 0) is 19.6 Å². The number of nitrogens with zero attached hydrogens (tertiary/aromatic N) is 2. The van der Waals surface area contributed by atoms with Gasteiger partial charge in [0.1, 0.15) is 0 Å². The van der Waals surface area contributed by atoms with Crippen molar-refractivity contribution >= 4 is 33.3 Å². The lowest BCUT2D eigenvalue weighted by Crippen LogP contribution is -2.41. The second kappa shape index (κ2) is 11.0. The first-order valence-electron chi connectivity index (χ1n) is 11.5. The van der Waals surface area contributed by atoms with Crippen LogP contribution in [0.5, 0.6) is 0 Å². The molecular weight excluding hydrogens is 454 g/mol. The van der Waals surface area contributed by atoms with Gasteiger partial charge in [-0.2, -0.15) is 4.31 Å². The third-order valence-electron chi connectivity index (χ3n) is 6.17. The maximum atomic E-state index is 13.2. The van der Waals surface area contributed by atoms with E-state index in [-0.39, 0.29) is 35.4 Å². The van der Waals surface area contributed by atoms with Crippen molar-refractivity contribution in [1.29, 1.82) is 0 Å². The maximum Gasteiger partial charge on any atom is 0.339 e. The van der Waals surface area contributed by atoms with Gasteiger partial charge in [-0.1, -0.05) is 12.1 Å². The van der Waals surface area contributed by atoms with E-state index in [1.165, 1.54) is 23.5 Å². The molecule has 2 aromatic rings. The molecule has 0 radical (unpaired) electrons. The highest BCUT2D eigenvalue weighted by atomic mass is 32.2. The number of ether oxygens (including phenoxy) is 1. The summed E-state index contributed by atoms with van der Waals surface area (Å²) in [7, 11) is -2.67. The molecule has 1 saturated heterocycles. The Morgan fingerprint density at radius 3 is 2.26 bits per heavy atom. The van der Waals surface area contributed by atoms with Crippen LogP contribution in [0.2, 0.25) is 0 Å². The number of rotatable bonds is 8. The highest BCUT2D eigenvalue weighted by Crippen LogP contribution is 2.27. The number of hydrogen-bond acceptors (Lipinski definition) is 6. The lowest BCUT2D eigenvalue weighted by atomic mass is 9.97. The Kier molecular flexibility index (Phi) is 8.33. The summed E-state index contributed by atoms with van der Waals surface area (Å²) >= 11 is 0. The summed E-state index contributed by atoms with van der Waals surface area (Å²) in [6.07, 6.45) is 0.807. The quantitative estimate of drug-likeness (QED) is 0.570. The topological polar surface area (TPSA) is 96.0 Å². The minimum atomic E-state index is -3.88. The molecule has 34 heavy (non-hydrogen) atoms. The molecule has 8 nitrogen and oxygen atoms in total. The molecule has 0 bridgehead atoms. The van der Waals surface area contributed by atoms with Gasteiger partial charge in [0.15, 0.2) is 0 Å². The fourth-order valence-electron chi connectivity index (χ4n) is 4.29. The summed E-state index contributed by atoms with van der Waals surface area (Å²) < 4.78 is 32.4. The zero-order valence-corrected chi connectivity index (χ0v) is 21.0. The molecule has 1 heterocycles. The van der Waals surface area contributed by atoms with E-state index < -0.39 is 16.0 Å². The zero-order valence-electron chi connectivity index (χ0n) is 20.2. The van der Waals surface area contributed by atoms with Gasteiger partial charge in [-0.25, -0.2) is 13.2 Å². The smallest absolute Gasteiger partial charge is 0.339 e. The number of sulfonamides is 1. The van der Waals surface area contributed by atoms with Crippen LogP contribution in [0.25, 0.3) is 0 Å². The zero-order chi connectivity index (χ0) is 24.9. The normalized spacial score (nSPS) is 15.2. The number of anilines is 2. The second-order valence-corrected chi connectivity index (χ2v) is 10.5. The molecule has 0 spiro atoms. The SMILES string of the molecule is CCN(c1ccc(NC(=O)C2CCN(S(=O)(=O)c3ccccc3C(=O)OC)CC2)cc1)C(C)C. The number of carbonyl (C=O) groups is 2. The lowest BCUT2D eigenvalue weighted by molar-refractivity contribution is -0.120. The molecular formula is C25H33N3O5S. The molecule has 1 fully saturated rings. The monoisotopic (exact) mass is 487 g/mol. The van der Waals surface area contributed by atoms with E-state index in [9.17, 15) is 18.0 Å². The van der Waals surface area contributed by atoms with Gasteiger partial charge in [-0.3, -0.25) is 4.79 Å². The molecule has 0 unspecified atom stereocenters. The van der Waals surface area contributed by atoms with Gasteiger partial charge in [0.05, 0.1) is 17.6 Å². The number of methoxy groups -OCH3 is 1. The first-order chi connectivity index (χ1) is 16.2. The van der Waals surface area contributed by atoms with E-state index >= 15 is 0 Å². The molecule has 184 valence electrons. The van der Waals surface area contributed by atoms with Gasteiger partial charge >= 0.3 is 5.97 Å². The van der Waals surface area contributed by atoms with Crippen molar-refractivity contribution in [1.82, 2.24) is 4.31 Å². The van der Waals surface area contributed by atoms with E-state index in [0.29, 0.717) is 18.9 Å². The minimum absolute atomic E-state index is 0.00687. The van der Waals surface area contributed by atoms with Gasteiger partial charge in [0.25, 0.3) is 0 Å². The van der Waals surface area contributed by atoms with Crippen LogP contribution in [0.1, 0.15) is 44.0 Å². The molecule has 0 aromatic heterocycles. The number of hydrogen-bond donors (Lipinski definition) is 1. The van der Waals surface area contributed by atoms with Crippen molar-refractivity contribution in [2.75, 3.05) is 37.0 Å². The fraction of sp³-hybridized carbons (Fsp3) is 0.440. The highest BCUT2D eigenvalue weighted by molar-refractivity contribution is 7.89. The van der Waals surface area contributed by atoms with Crippen LogP contribution in [0.15, 0.2) is 53.4 Å². The lowest BCUT2D eigenvalue weighted by Gasteiger charge is -2.31. The van der Waals surface area contributed by atoms with Crippen molar-refractivity contribution in [3.8, 4) is 0 Å². The third kappa shape index (κ3) is 5.59. The van der Waals surface area contributed by atoms with E-state index in [2.05, 4.69) is 31.0 Å². The van der Waals surface area contributed by atoms with Crippen LogP contribution in [0.3, 0.4) is 0 Å². The molecule has 1 aliphatic rings. The van der Waals surface area contributed by atoms with Crippen LogP contribution in [-0.4, -0.2) is 57.4 Å². The maximum absolute atomic E-state index is 13.2. The minimum Gasteiger partial charge on any atom is -0.465 e. The number of esters is 1. The number of nitrogens with one attached hydrogen (secondary N) is 1. The van der Waals surface area contributed by atoms with Gasteiger partial charge in [0.2, 0.25) is 15.9 Å². The molecule has 2 aromatic carbocycles. The first kappa shape index (κ1) is 25.7. The first-order valence-corrected chi connectivity index (χ1v) is 13.0. The van der Waals surface area contributed by atoms with Gasteiger partial charge < -0.3 is 15.0 Å². The predicted molar refractivity (Wildman–Crippen MR) is 132 cm³/mol. The molecule has 0 atom stereocenters. The Morgan fingerprint density at radius 2 is 1.71 bits per heavy atom. The Balaban J connectivity index is 1.63. The molecule has 0 saturated carbocycles. The van der Waals surface area contributed by atoms with Gasteiger partial charge in [0, 0.05) is 43.0 Å². The van der Waals surface area contributed by atoms with Crippen molar-refractivity contribution in [3.63, 3.8) is 0 Å². The number of piperidine rings is 1. The van der Waals surface area contributed by atoms with Crippen molar-refractivity contribution in [2.45, 2.75) is 44.6 Å². The van der Waals surface area contributed by atoms with Crippen LogP contribution < -0.4 is 10.2 Å². The molecule has 3 rings (SSSR count). The average Bonchev–Trinajstić information content (AvgIpc) is 2.84. The van der Waals surface area contributed by atoms with Crippen molar-refractivity contribution in [2.24, 2.45) is 5.92 Å². The van der Waals surface area contributed by atoms with E-state index in [0.717, 1.165) is 17.9 Å². The molecule has 1 amide bonds. The Bertz CT molecular complexity index is 1110. The van der Waals surface area contributed by atoms with Crippen LogP contribution >= 0.6 is 0 Å². The van der Waals surface area contributed by atoms with Gasteiger partial charge in [-0.05, 0) is 70.0 Å². The van der Waals surface area contributed by atoms with Gasteiger partial charge in [-0.15, -0.1) is 0 Å². The van der Waals surface area contributed by atoms with E-state index in [4.69, 9.17) is 4.74 Å². The summed E-state index contributed by atoms with van der Waals surface area (Å²) in [5.74, 6) is -1.10. The summed E-state index contributed by atoms with van der Waals surface area (Å²) in [6, 6.07) is 14.2. The van der Waals surface area contributed by atoms with Crippen molar-refractivity contribution < 1.29 is 22.7 Å². The average molecular weight is 488 g/mol. The predicted octanol–water partition coefficient (Wildman–Crippen LogP) is 3.75. The number of amides is 1. The molecule has 1 N–H and O–H groups in total. The molecule has 1 aliphatic heterocycles. The Hall–Kier alpha value is -2.91. The van der Waals surface area contributed by atoms with Crippen LogP contribution in [0, 0.1) is 5.92 Å². The van der Waals surface area contributed by atoms with E-state index in [1.807, 2.05) is 24.3 Å². The number of benzene rings is 2. The highest BCUT2D eigenvalue weighted by Gasteiger charge is 2.34. The molecule has 0 aliphatic carbocycles. The third-order valence-corrected chi connectivity index (χ3v) is 8.12. The Morgan fingerprint density at radius 1 is 1.09 bits per heavy atom. The fourth-order valence-corrected chi connectivity index (χ4v) is 5.94. The largest absolute Gasteiger partial charge is 0.465 e. The summed E-state index contributed by atoms with van der Waals surface area (Å²) in [6.45, 7) is 7.69. The Labute approximate surface area is 201 Å². The van der Waals surface area contributed by atoms with Crippen molar-refractivity contribution in [3.05, 3.63) is 54.1 Å².